The summed E-state index contributed by atoms with van der Waals surface area (Å²) in [5, 5.41) is 12.9. The summed E-state index contributed by atoms with van der Waals surface area (Å²) in [5.41, 5.74) is 0. The Balaban J connectivity index is 1.62. The third kappa shape index (κ3) is 5.86. The maximum atomic E-state index is 12.2. The summed E-state index contributed by atoms with van der Waals surface area (Å²) in [6, 6.07) is 0.393. The topological polar surface area (TPSA) is 55.8 Å². The summed E-state index contributed by atoms with van der Waals surface area (Å²) in [7, 11) is 0. The van der Waals surface area contributed by atoms with Gasteiger partial charge in [-0.1, -0.05) is 13.8 Å². The standard InChI is InChI=1S/C17H33N3O2/c1-3-16(21)12-19-8-10-20(11-9-19)13-17(22)18-15-6-4-14(2)5-7-15/h14-16,21H,3-13H2,1-2H3,(H,18,22)/t14?,15?,16-/m1/s1. The fraction of sp³-hybridized carbons (Fsp3) is 0.941. The van der Waals surface area contributed by atoms with Gasteiger partial charge in [-0.15, -0.1) is 0 Å². The monoisotopic (exact) mass is 311 g/mol. The van der Waals surface area contributed by atoms with E-state index < -0.39 is 0 Å². The van der Waals surface area contributed by atoms with Gasteiger partial charge < -0.3 is 10.4 Å². The molecule has 1 aliphatic carbocycles. The van der Waals surface area contributed by atoms with Crippen molar-refractivity contribution in [2.24, 2.45) is 5.92 Å². The zero-order chi connectivity index (χ0) is 15.9. The first-order chi connectivity index (χ1) is 10.6. The predicted molar refractivity (Wildman–Crippen MR) is 88.7 cm³/mol. The number of amides is 1. The lowest BCUT2D eigenvalue weighted by Crippen LogP contribution is -2.51. The van der Waals surface area contributed by atoms with Gasteiger partial charge >= 0.3 is 0 Å². The molecule has 22 heavy (non-hydrogen) atoms. The third-order valence-electron chi connectivity index (χ3n) is 5.15. The molecule has 5 heteroatoms. The Morgan fingerprint density at radius 3 is 2.32 bits per heavy atom. The number of nitrogens with one attached hydrogen (secondary N) is 1. The number of carbonyl (C=O) groups is 1. The molecule has 0 aromatic carbocycles. The number of rotatable bonds is 6. The first-order valence-corrected chi connectivity index (χ1v) is 8.99. The summed E-state index contributed by atoms with van der Waals surface area (Å²) in [6.07, 6.45) is 5.34. The molecule has 2 rings (SSSR count). The number of hydrogen-bond acceptors (Lipinski definition) is 4. The van der Waals surface area contributed by atoms with Crippen LogP contribution in [0.15, 0.2) is 0 Å². The molecule has 128 valence electrons. The van der Waals surface area contributed by atoms with Gasteiger partial charge in [-0.3, -0.25) is 14.6 Å². The molecule has 2 fully saturated rings. The van der Waals surface area contributed by atoms with E-state index in [2.05, 4.69) is 22.0 Å². The van der Waals surface area contributed by atoms with Gasteiger partial charge in [-0.05, 0) is 38.0 Å². The molecule has 2 aliphatic rings. The fourth-order valence-electron chi connectivity index (χ4n) is 3.44. The van der Waals surface area contributed by atoms with Gasteiger partial charge in [-0.25, -0.2) is 0 Å². The van der Waals surface area contributed by atoms with Crippen LogP contribution in [-0.2, 0) is 4.79 Å². The van der Waals surface area contributed by atoms with E-state index in [1.54, 1.807) is 0 Å². The Kier molecular flexibility index (Phi) is 7.12. The van der Waals surface area contributed by atoms with E-state index >= 15 is 0 Å². The second kappa shape index (κ2) is 8.85. The van der Waals surface area contributed by atoms with Gasteiger partial charge in [0.1, 0.15) is 0 Å². The van der Waals surface area contributed by atoms with Gasteiger partial charge in [0.05, 0.1) is 12.6 Å². The Bertz CT molecular complexity index is 335. The zero-order valence-corrected chi connectivity index (χ0v) is 14.3. The SMILES string of the molecule is CC[C@@H](O)CN1CCN(CC(=O)NC2CCC(C)CC2)CC1. The fourth-order valence-corrected chi connectivity index (χ4v) is 3.44. The van der Waals surface area contributed by atoms with Crippen molar-refractivity contribution in [3.8, 4) is 0 Å². The van der Waals surface area contributed by atoms with Gasteiger partial charge in [-0.2, -0.15) is 0 Å². The van der Waals surface area contributed by atoms with Crippen molar-refractivity contribution in [3.05, 3.63) is 0 Å². The summed E-state index contributed by atoms with van der Waals surface area (Å²) in [4.78, 5) is 16.7. The van der Waals surface area contributed by atoms with E-state index in [0.29, 0.717) is 12.6 Å². The number of hydrogen-bond donors (Lipinski definition) is 2. The number of aliphatic hydroxyl groups excluding tert-OH is 1. The van der Waals surface area contributed by atoms with Crippen molar-refractivity contribution in [2.45, 2.75) is 58.1 Å². The van der Waals surface area contributed by atoms with Crippen LogP contribution in [0.1, 0.15) is 46.0 Å². The molecule has 0 unspecified atom stereocenters. The van der Waals surface area contributed by atoms with E-state index in [0.717, 1.165) is 57.9 Å². The van der Waals surface area contributed by atoms with Crippen LogP contribution < -0.4 is 5.32 Å². The lowest BCUT2D eigenvalue weighted by atomic mass is 9.87. The molecule has 0 bridgehead atoms. The average molecular weight is 311 g/mol. The summed E-state index contributed by atoms with van der Waals surface area (Å²) in [5.74, 6) is 1.00. The molecule has 0 aromatic rings. The molecule has 1 heterocycles. The predicted octanol–water partition coefficient (Wildman–Crippen LogP) is 1.07. The Morgan fingerprint density at radius 2 is 1.73 bits per heavy atom. The van der Waals surface area contributed by atoms with E-state index in [1.807, 2.05) is 6.92 Å². The smallest absolute Gasteiger partial charge is 0.234 e. The van der Waals surface area contributed by atoms with Gasteiger partial charge in [0.2, 0.25) is 5.91 Å². The number of nitrogens with zero attached hydrogens (tertiary/aromatic N) is 2. The molecule has 1 amide bonds. The van der Waals surface area contributed by atoms with Gasteiger partial charge in [0.15, 0.2) is 0 Å². The van der Waals surface area contributed by atoms with Crippen molar-refractivity contribution in [2.75, 3.05) is 39.3 Å². The highest BCUT2D eigenvalue weighted by Gasteiger charge is 2.23. The van der Waals surface area contributed by atoms with Crippen molar-refractivity contribution >= 4 is 5.91 Å². The Labute approximate surface area is 135 Å². The zero-order valence-electron chi connectivity index (χ0n) is 14.3. The molecule has 1 atom stereocenters. The minimum Gasteiger partial charge on any atom is -0.392 e. The summed E-state index contributed by atoms with van der Waals surface area (Å²) >= 11 is 0. The van der Waals surface area contributed by atoms with Crippen LogP contribution in [0.4, 0.5) is 0 Å². The second-order valence-corrected chi connectivity index (χ2v) is 7.16. The lowest BCUT2D eigenvalue weighted by Gasteiger charge is -2.35. The van der Waals surface area contributed by atoms with Crippen molar-refractivity contribution in [3.63, 3.8) is 0 Å². The van der Waals surface area contributed by atoms with Gasteiger partial charge in [0.25, 0.3) is 0 Å². The molecule has 1 aliphatic heterocycles. The first-order valence-electron chi connectivity index (χ1n) is 8.99. The molecular formula is C17H33N3O2. The molecule has 0 spiro atoms. The first kappa shape index (κ1) is 17.7. The van der Waals surface area contributed by atoms with E-state index in [4.69, 9.17) is 0 Å². The van der Waals surface area contributed by atoms with Crippen LogP contribution in [0.5, 0.6) is 0 Å². The quantitative estimate of drug-likeness (QED) is 0.770. The van der Waals surface area contributed by atoms with Gasteiger partial charge in [0, 0.05) is 38.8 Å². The van der Waals surface area contributed by atoms with Crippen LogP contribution in [0.2, 0.25) is 0 Å². The average Bonchev–Trinajstić information content (AvgIpc) is 2.51. The van der Waals surface area contributed by atoms with E-state index in [9.17, 15) is 9.90 Å². The van der Waals surface area contributed by atoms with E-state index in [-0.39, 0.29) is 12.0 Å². The largest absolute Gasteiger partial charge is 0.392 e. The third-order valence-corrected chi connectivity index (χ3v) is 5.15. The molecule has 1 saturated heterocycles. The molecule has 0 aromatic heterocycles. The molecule has 5 nitrogen and oxygen atoms in total. The van der Waals surface area contributed by atoms with Crippen LogP contribution in [0.25, 0.3) is 0 Å². The highest BCUT2D eigenvalue weighted by atomic mass is 16.3. The number of piperazine rings is 1. The van der Waals surface area contributed by atoms with Crippen molar-refractivity contribution in [1.82, 2.24) is 15.1 Å². The van der Waals surface area contributed by atoms with Crippen molar-refractivity contribution in [1.29, 1.82) is 0 Å². The van der Waals surface area contributed by atoms with E-state index in [1.165, 1.54) is 12.8 Å². The highest BCUT2D eigenvalue weighted by molar-refractivity contribution is 5.78. The molecule has 1 saturated carbocycles. The number of β-amino-alcohol motifs (C(OH)–C–C–N with tert-alkyl or cyclic N) is 1. The van der Waals surface area contributed by atoms with Crippen LogP contribution in [0.3, 0.4) is 0 Å². The molecule has 2 N–H and O–H groups in total. The Morgan fingerprint density at radius 1 is 1.14 bits per heavy atom. The minimum absolute atomic E-state index is 0.182. The number of aliphatic hydroxyl groups is 1. The maximum Gasteiger partial charge on any atom is 0.234 e. The van der Waals surface area contributed by atoms with Crippen LogP contribution >= 0.6 is 0 Å². The normalized spacial score (nSPS) is 29.2. The maximum absolute atomic E-state index is 12.2. The Hall–Kier alpha value is -0.650. The minimum atomic E-state index is -0.219. The molecule has 0 radical (unpaired) electrons. The lowest BCUT2D eigenvalue weighted by molar-refractivity contribution is -0.123. The van der Waals surface area contributed by atoms with Crippen LogP contribution in [-0.4, -0.2) is 72.2 Å². The highest BCUT2D eigenvalue weighted by Crippen LogP contribution is 2.23. The summed E-state index contributed by atoms with van der Waals surface area (Å²) < 4.78 is 0. The second-order valence-electron chi connectivity index (χ2n) is 7.16. The summed E-state index contributed by atoms with van der Waals surface area (Å²) in [6.45, 7) is 9.34. The molecular weight excluding hydrogens is 278 g/mol. The van der Waals surface area contributed by atoms with Crippen LogP contribution in [0, 0.1) is 5.92 Å². The van der Waals surface area contributed by atoms with Crippen molar-refractivity contribution < 1.29 is 9.90 Å². The number of carbonyl (C=O) groups excluding carboxylic acids is 1.